The molecule has 0 saturated carbocycles. The molecule has 0 bridgehead atoms. The normalized spacial score (nSPS) is 9.28. The number of nitrogens with two attached hydrogens (primary N) is 2. The lowest BCUT2D eigenvalue weighted by Gasteiger charge is -1.97. The van der Waals surface area contributed by atoms with Crippen molar-refractivity contribution in [2.24, 2.45) is 0 Å². The van der Waals surface area contributed by atoms with E-state index in [2.05, 4.69) is 15.9 Å². The maximum absolute atomic E-state index is 8.63. The first kappa shape index (κ1) is 14.6. The molecule has 2 aromatic rings. The van der Waals surface area contributed by atoms with Gasteiger partial charge in [-0.1, -0.05) is 28.1 Å². The zero-order chi connectivity index (χ0) is 13.5. The Morgan fingerprint density at radius 3 is 1.50 bits per heavy atom. The predicted molar refractivity (Wildman–Crippen MR) is 79.2 cm³/mol. The molecule has 6 N–H and O–H groups in total. The first-order valence-corrected chi connectivity index (χ1v) is 6.01. The largest absolute Gasteiger partial charge is 0.488 e. The van der Waals surface area contributed by atoms with Crippen molar-refractivity contribution in [3.05, 3.63) is 53.0 Å². The van der Waals surface area contributed by atoms with Crippen LogP contribution in [0.4, 0.5) is 11.4 Å². The lowest BCUT2D eigenvalue weighted by atomic mass is 9.80. The van der Waals surface area contributed by atoms with E-state index in [9.17, 15) is 0 Å². The summed E-state index contributed by atoms with van der Waals surface area (Å²) < 4.78 is 1.06. The van der Waals surface area contributed by atoms with Gasteiger partial charge in [-0.3, -0.25) is 0 Å². The fourth-order valence-electron chi connectivity index (χ4n) is 1.13. The van der Waals surface area contributed by atoms with Gasteiger partial charge in [0.1, 0.15) is 0 Å². The van der Waals surface area contributed by atoms with E-state index in [1.54, 1.807) is 24.3 Å². The van der Waals surface area contributed by atoms with Crippen LogP contribution in [0.15, 0.2) is 53.0 Å². The van der Waals surface area contributed by atoms with E-state index in [0.29, 0.717) is 11.2 Å². The quantitative estimate of drug-likeness (QED) is 0.467. The molecule has 94 valence electrons. The summed E-state index contributed by atoms with van der Waals surface area (Å²) in [6.07, 6.45) is 0. The van der Waals surface area contributed by atoms with E-state index < -0.39 is 7.12 Å². The maximum atomic E-state index is 8.63. The average Bonchev–Trinajstić information content (AvgIpc) is 2.34. The third-order valence-electron chi connectivity index (χ3n) is 2.10. The van der Waals surface area contributed by atoms with Crippen molar-refractivity contribution in [1.82, 2.24) is 0 Å². The van der Waals surface area contributed by atoms with Gasteiger partial charge in [-0.25, -0.2) is 0 Å². The van der Waals surface area contributed by atoms with Crippen LogP contribution in [0, 0.1) is 0 Å². The van der Waals surface area contributed by atoms with Gasteiger partial charge in [0.05, 0.1) is 0 Å². The summed E-state index contributed by atoms with van der Waals surface area (Å²) in [5.41, 5.74) is 12.6. The summed E-state index contributed by atoms with van der Waals surface area (Å²) in [4.78, 5) is 0. The molecule has 0 radical (unpaired) electrons. The van der Waals surface area contributed by atoms with E-state index in [1.165, 1.54) is 0 Å². The molecule has 18 heavy (non-hydrogen) atoms. The van der Waals surface area contributed by atoms with E-state index in [1.807, 2.05) is 24.3 Å². The predicted octanol–water partition coefficient (Wildman–Crippen LogP) is 0.980. The van der Waals surface area contributed by atoms with E-state index in [0.717, 1.165) is 10.2 Å². The Kier molecular flexibility index (Phi) is 5.71. The highest BCUT2D eigenvalue weighted by atomic mass is 79.9. The molecule has 6 heteroatoms. The molecule has 0 aliphatic heterocycles. The molecular weight excluding hydrogens is 295 g/mol. The zero-order valence-corrected chi connectivity index (χ0v) is 11.2. The number of benzene rings is 2. The van der Waals surface area contributed by atoms with Crippen molar-refractivity contribution in [3.63, 3.8) is 0 Å². The van der Waals surface area contributed by atoms with Gasteiger partial charge in [-0.15, -0.1) is 0 Å². The topological polar surface area (TPSA) is 92.5 Å². The second-order valence-electron chi connectivity index (χ2n) is 3.59. The van der Waals surface area contributed by atoms with Gasteiger partial charge >= 0.3 is 7.12 Å². The summed E-state index contributed by atoms with van der Waals surface area (Å²) in [7, 11) is -1.40. The molecule has 0 aliphatic rings. The summed E-state index contributed by atoms with van der Waals surface area (Å²) >= 11 is 3.29. The summed E-state index contributed by atoms with van der Waals surface area (Å²) in [5, 5.41) is 17.3. The van der Waals surface area contributed by atoms with Gasteiger partial charge in [-0.2, -0.15) is 0 Å². The molecule has 0 heterocycles. The highest BCUT2D eigenvalue weighted by molar-refractivity contribution is 9.10. The summed E-state index contributed by atoms with van der Waals surface area (Å²) in [5.74, 6) is 0. The molecule has 4 nitrogen and oxygen atoms in total. The molecule has 0 fully saturated rings. The minimum atomic E-state index is -1.40. The molecule has 0 amide bonds. The van der Waals surface area contributed by atoms with E-state index in [-0.39, 0.29) is 0 Å². The fourth-order valence-corrected chi connectivity index (χ4v) is 1.40. The van der Waals surface area contributed by atoms with Crippen LogP contribution < -0.4 is 16.9 Å². The van der Waals surface area contributed by atoms with Gasteiger partial charge in [0.25, 0.3) is 0 Å². The molecule has 2 aromatic carbocycles. The molecule has 2 rings (SSSR count). The third-order valence-corrected chi connectivity index (χ3v) is 2.63. The first-order chi connectivity index (χ1) is 8.49. The Labute approximate surface area is 115 Å². The highest BCUT2D eigenvalue weighted by Crippen LogP contribution is 2.10. The minimum Gasteiger partial charge on any atom is -0.423 e. The second kappa shape index (κ2) is 7.05. The van der Waals surface area contributed by atoms with Crippen LogP contribution in [0.2, 0.25) is 0 Å². The molecule has 0 unspecified atom stereocenters. The van der Waals surface area contributed by atoms with Crippen molar-refractivity contribution < 1.29 is 10.0 Å². The van der Waals surface area contributed by atoms with Crippen molar-refractivity contribution in [1.29, 1.82) is 0 Å². The molecule has 0 saturated heterocycles. The number of rotatable bonds is 1. The van der Waals surface area contributed by atoms with Crippen LogP contribution in [-0.4, -0.2) is 17.2 Å². The minimum absolute atomic E-state index is 0.453. The Hall–Kier alpha value is -1.50. The second-order valence-corrected chi connectivity index (χ2v) is 4.51. The first-order valence-electron chi connectivity index (χ1n) is 5.21. The van der Waals surface area contributed by atoms with Gasteiger partial charge < -0.3 is 21.5 Å². The molecule has 0 atom stereocenters. The summed E-state index contributed by atoms with van der Waals surface area (Å²) in [6, 6.07) is 13.9. The van der Waals surface area contributed by atoms with Gasteiger partial charge in [0.2, 0.25) is 0 Å². The maximum Gasteiger partial charge on any atom is 0.488 e. The van der Waals surface area contributed by atoms with Crippen LogP contribution in [0.5, 0.6) is 0 Å². The van der Waals surface area contributed by atoms with Crippen molar-refractivity contribution >= 4 is 39.9 Å². The van der Waals surface area contributed by atoms with Gasteiger partial charge in [0.15, 0.2) is 0 Å². The average molecular weight is 309 g/mol. The van der Waals surface area contributed by atoms with Gasteiger partial charge in [-0.05, 0) is 41.9 Å². The number of anilines is 2. The van der Waals surface area contributed by atoms with Crippen molar-refractivity contribution in [3.8, 4) is 0 Å². The third kappa shape index (κ3) is 5.22. The van der Waals surface area contributed by atoms with Crippen molar-refractivity contribution in [2.75, 3.05) is 11.5 Å². The van der Waals surface area contributed by atoms with Crippen LogP contribution in [0.1, 0.15) is 0 Å². The van der Waals surface area contributed by atoms with E-state index in [4.69, 9.17) is 21.5 Å². The number of nitrogen functional groups attached to an aromatic ring is 2. The Balaban J connectivity index is 0.000000184. The lowest BCUT2D eigenvalue weighted by molar-refractivity contribution is 0.426. The Bertz CT molecular complexity index is 453. The molecule has 0 aromatic heterocycles. The van der Waals surface area contributed by atoms with Gasteiger partial charge in [0, 0.05) is 15.8 Å². The number of halogens is 1. The molecular formula is C12H14BBrN2O2. The highest BCUT2D eigenvalue weighted by Gasteiger charge is 2.08. The Morgan fingerprint density at radius 1 is 0.778 bits per heavy atom. The monoisotopic (exact) mass is 308 g/mol. The summed E-state index contributed by atoms with van der Waals surface area (Å²) in [6.45, 7) is 0. The fraction of sp³-hybridized carbons (Fsp3) is 0. The smallest absolute Gasteiger partial charge is 0.423 e. The number of hydrogen-bond acceptors (Lipinski definition) is 4. The van der Waals surface area contributed by atoms with Crippen LogP contribution in [-0.2, 0) is 0 Å². The molecule has 0 spiro atoms. The SMILES string of the molecule is Nc1ccc(B(O)O)cc1.Nc1ccc(Br)cc1. The Morgan fingerprint density at radius 2 is 1.17 bits per heavy atom. The zero-order valence-electron chi connectivity index (χ0n) is 9.62. The van der Waals surface area contributed by atoms with Crippen LogP contribution >= 0.6 is 15.9 Å². The molecule has 0 aliphatic carbocycles. The van der Waals surface area contributed by atoms with Crippen molar-refractivity contribution in [2.45, 2.75) is 0 Å². The lowest BCUT2D eigenvalue weighted by Crippen LogP contribution is -2.29. The van der Waals surface area contributed by atoms with Crippen LogP contribution in [0.3, 0.4) is 0 Å². The number of hydrogen-bond donors (Lipinski definition) is 4. The van der Waals surface area contributed by atoms with E-state index >= 15 is 0 Å². The standard InChI is InChI=1S/C6H8BNO2.C6H6BrN/c8-6-3-1-5(2-4-6)7(9)10;7-5-1-3-6(8)4-2-5/h1-4,9-10H,8H2;1-4H,8H2. The van der Waals surface area contributed by atoms with Crippen LogP contribution in [0.25, 0.3) is 0 Å².